The minimum atomic E-state index is -0.932. The van der Waals surface area contributed by atoms with E-state index in [9.17, 15) is 4.79 Å². The van der Waals surface area contributed by atoms with Crippen molar-refractivity contribution >= 4 is 11.7 Å². The Balaban J connectivity index is 1.52. The molecule has 0 fully saturated rings. The summed E-state index contributed by atoms with van der Waals surface area (Å²) in [7, 11) is 0. The van der Waals surface area contributed by atoms with E-state index < -0.39 is 5.97 Å². The molecule has 0 aliphatic carbocycles. The highest BCUT2D eigenvalue weighted by atomic mass is 16.5. The molecular weight excluding hydrogens is 290 g/mol. The van der Waals surface area contributed by atoms with Gasteiger partial charge in [0, 0.05) is 18.3 Å². The van der Waals surface area contributed by atoms with Gasteiger partial charge in [0.25, 0.3) is 0 Å². The molecule has 0 bridgehead atoms. The van der Waals surface area contributed by atoms with Crippen molar-refractivity contribution in [2.24, 2.45) is 0 Å². The van der Waals surface area contributed by atoms with Crippen LogP contribution in [-0.4, -0.2) is 30.3 Å². The van der Waals surface area contributed by atoms with Crippen LogP contribution in [0.25, 0.3) is 0 Å². The summed E-state index contributed by atoms with van der Waals surface area (Å²) in [5.41, 5.74) is 2.99. The van der Waals surface area contributed by atoms with Gasteiger partial charge < -0.3 is 14.7 Å². The van der Waals surface area contributed by atoms with Crippen LogP contribution < -0.4 is 9.64 Å². The van der Waals surface area contributed by atoms with Crippen LogP contribution in [0.15, 0.2) is 48.5 Å². The van der Waals surface area contributed by atoms with Gasteiger partial charge in [0.2, 0.25) is 0 Å². The van der Waals surface area contributed by atoms with Crippen LogP contribution in [0, 0.1) is 0 Å². The second-order valence-electron chi connectivity index (χ2n) is 5.91. The van der Waals surface area contributed by atoms with Crippen LogP contribution in [0.1, 0.15) is 29.3 Å². The number of hydrogen-bond donors (Lipinski definition) is 1. The largest absolute Gasteiger partial charge is 0.494 e. The second kappa shape index (κ2) is 6.73. The third-order valence-corrected chi connectivity index (χ3v) is 4.24. The number of benzene rings is 2. The molecule has 0 amide bonds. The van der Waals surface area contributed by atoms with E-state index in [1.165, 1.54) is 11.3 Å². The quantitative estimate of drug-likeness (QED) is 0.828. The molecule has 3 rings (SSSR count). The lowest BCUT2D eigenvalue weighted by Crippen LogP contribution is -2.31. The zero-order chi connectivity index (χ0) is 16.2. The average molecular weight is 311 g/mol. The third-order valence-electron chi connectivity index (χ3n) is 4.24. The van der Waals surface area contributed by atoms with Gasteiger partial charge in [-0.3, -0.25) is 0 Å². The van der Waals surface area contributed by atoms with E-state index in [1.54, 1.807) is 24.3 Å². The number of rotatable bonds is 6. The first-order chi connectivity index (χ1) is 11.1. The molecule has 0 saturated carbocycles. The number of aromatic carboxylic acids is 1. The van der Waals surface area contributed by atoms with Crippen LogP contribution in [0.2, 0.25) is 0 Å². The van der Waals surface area contributed by atoms with Gasteiger partial charge in [0.1, 0.15) is 5.75 Å². The van der Waals surface area contributed by atoms with Crippen LogP contribution in [-0.2, 0) is 6.42 Å². The summed E-state index contributed by atoms with van der Waals surface area (Å²) < 4.78 is 5.69. The Bertz CT molecular complexity index is 699. The minimum absolute atomic E-state index is 0.254. The van der Waals surface area contributed by atoms with Gasteiger partial charge in [0.05, 0.1) is 12.2 Å². The Labute approximate surface area is 136 Å². The lowest BCUT2D eigenvalue weighted by molar-refractivity contribution is 0.0696. The van der Waals surface area contributed by atoms with Crippen molar-refractivity contribution in [3.05, 3.63) is 59.7 Å². The predicted molar refractivity (Wildman–Crippen MR) is 90.5 cm³/mol. The molecule has 4 nitrogen and oxygen atoms in total. The van der Waals surface area contributed by atoms with Gasteiger partial charge in [-0.05, 0) is 49.6 Å². The smallest absolute Gasteiger partial charge is 0.335 e. The maximum Gasteiger partial charge on any atom is 0.335 e. The van der Waals surface area contributed by atoms with E-state index in [0.29, 0.717) is 18.4 Å². The zero-order valence-electron chi connectivity index (χ0n) is 13.2. The minimum Gasteiger partial charge on any atom is -0.494 e. The van der Waals surface area contributed by atoms with Crippen LogP contribution in [0.5, 0.6) is 5.75 Å². The summed E-state index contributed by atoms with van der Waals surface area (Å²) in [5, 5.41) is 8.98. The molecular formula is C19H21NO3. The van der Waals surface area contributed by atoms with E-state index in [2.05, 4.69) is 36.1 Å². The van der Waals surface area contributed by atoms with Gasteiger partial charge in [-0.25, -0.2) is 4.79 Å². The molecule has 1 heterocycles. The standard InChI is InChI=1S/C19H21NO3/c1-14-12-15-6-2-3-9-18(15)20(14)10-5-11-23-17-8-4-7-16(13-17)19(21)22/h2-4,6-9,13-14H,5,10-12H2,1H3,(H,21,22). The molecule has 0 aromatic heterocycles. The van der Waals surface area contributed by atoms with Crippen molar-refractivity contribution in [3.63, 3.8) is 0 Å². The summed E-state index contributed by atoms with van der Waals surface area (Å²) in [6, 6.07) is 15.7. The monoisotopic (exact) mass is 311 g/mol. The highest BCUT2D eigenvalue weighted by Gasteiger charge is 2.24. The number of carbonyl (C=O) groups is 1. The fourth-order valence-electron chi connectivity index (χ4n) is 3.11. The van der Waals surface area contributed by atoms with Crippen molar-refractivity contribution in [1.82, 2.24) is 0 Å². The fourth-order valence-corrected chi connectivity index (χ4v) is 3.11. The van der Waals surface area contributed by atoms with Crippen LogP contribution >= 0.6 is 0 Å². The first kappa shape index (κ1) is 15.4. The summed E-state index contributed by atoms with van der Waals surface area (Å²) in [4.78, 5) is 13.4. The molecule has 120 valence electrons. The molecule has 0 saturated heterocycles. The number of hydrogen-bond acceptors (Lipinski definition) is 3. The molecule has 2 aromatic carbocycles. The number of anilines is 1. The van der Waals surface area contributed by atoms with Gasteiger partial charge in [-0.2, -0.15) is 0 Å². The Hall–Kier alpha value is -2.49. The van der Waals surface area contributed by atoms with E-state index in [0.717, 1.165) is 19.4 Å². The molecule has 4 heteroatoms. The zero-order valence-corrected chi connectivity index (χ0v) is 13.2. The number of fused-ring (bicyclic) bond motifs is 1. The summed E-state index contributed by atoms with van der Waals surface area (Å²) in [5.74, 6) is -0.322. The van der Waals surface area contributed by atoms with Crippen molar-refractivity contribution in [2.75, 3.05) is 18.1 Å². The summed E-state index contributed by atoms with van der Waals surface area (Å²) in [6.07, 6.45) is 1.99. The first-order valence-electron chi connectivity index (χ1n) is 7.96. The van der Waals surface area contributed by atoms with Crippen molar-refractivity contribution in [2.45, 2.75) is 25.8 Å². The topological polar surface area (TPSA) is 49.8 Å². The van der Waals surface area contributed by atoms with Crippen molar-refractivity contribution in [1.29, 1.82) is 0 Å². The summed E-state index contributed by atoms with van der Waals surface area (Å²) >= 11 is 0. The normalized spacial score (nSPS) is 16.2. The maximum absolute atomic E-state index is 10.9. The molecule has 1 aliphatic rings. The number of carboxylic acid groups (broad SMARTS) is 1. The van der Waals surface area contributed by atoms with Gasteiger partial charge >= 0.3 is 5.97 Å². The SMILES string of the molecule is CC1Cc2ccccc2N1CCCOc1cccc(C(=O)O)c1. The van der Waals surface area contributed by atoms with Crippen LogP contribution in [0.4, 0.5) is 5.69 Å². The number of para-hydroxylation sites is 1. The Morgan fingerprint density at radius 2 is 2.09 bits per heavy atom. The average Bonchev–Trinajstić information content (AvgIpc) is 2.87. The lowest BCUT2D eigenvalue weighted by Gasteiger charge is -2.24. The van der Waals surface area contributed by atoms with E-state index in [4.69, 9.17) is 9.84 Å². The third kappa shape index (κ3) is 3.47. The van der Waals surface area contributed by atoms with Gasteiger partial charge in [-0.1, -0.05) is 24.3 Å². The molecule has 1 N–H and O–H groups in total. The predicted octanol–water partition coefficient (Wildman–Crippen LogP) is 3.60. The van der Waals surface area contributed by atoms with Crippen LogP contribution in [0.3, 0.4) is 0 Å². The molecule has 2 aromatic rings. The lowest BCUT2D eigenvalue weighted by atomic mass is 10.1. The molecule has 0 spiro atoms. The second-order valence-corrected chi connectivity index (χ2v) is 5.91. The highest BCUT2D eigenvalue weighted by molar-refractivity contribution is 5.88. The molecule has 1 unspecified atom stereocenters. The molecule has 1 aliphatic heterocycles. The van der Waals surface area contributed by atoms with E-state index in [1.807, 2.05) is 0 Å². The summed E-state index contributed by atoms with van der Waals surface area (Å²) in [6.45, 7) is 3.77. The van der Waals surface area contributed by atoms with Crippen molar-refractivity contribution in [3.8, 4) is 5.75 Å². The first-order valence-corrected chi connectivity index (χ1v) is 7.96. The van der Waals surface area contributed by atoms with Gasteiger partial charge in [-0.15, -0.1) is 0 Å². The molecule has 0 radical (unpaired) electrons. The van der Waals surface area contributed by atoms with E-state index >= 15 is 0 Å². The van der Waals surface area contributed by atoms with Crippen molar-refractivity contribution < 1.29 is 14.6 Å². The molecule has 23 heavy (non-hydrogen) atoms. The molecule has 1 atom stereocenters. The fraction of sp³-hybridized carbons (Fsp3) is 0.316. The van der Waals surface area contributed by atoms with E-state index in [-0.39, 0.29) is 5.56 Å². The Morgan fingerprint density at radius 1 is 1.26 bits per heavy atom. The highest BCUT2D eigenvalue weighted by Crippen LogP contribution is 2.31. The Kier molecular flexibility index (Phi) is 4.51. The number of ether oxygens (including phenoxy) is 1. The number of nitrogens with zero attached hydrogens (tertiary/aromatic N) is 1. The number of carboxylic acids is 1. The maximum atomic E-state index is 10.9. The van der Waals surface area contributed by atoms with Gasteiger partial charge in [0.15, 0.2) is 0 Å². The Morgan fingerprint density at radius 3 is 2.91 bits per heavy atom.